The summed E-state index contributed by atoms with van der Waals surface area (Å²) < 4.78 is 28.9. The van der Waals surface area contributed by atoms with Crippen molar-refractivity contribution in [2.75, 3.05) is 26.3 Å². The minimum atomic E-state index is -0.791. The monoisotopic (exact) mass is 429 g/mol. The lowest BCUT2D eigenvalue weighted by molar-refractivity contribution is 0.0805. The second-order valence-corrected chi connectivity index (χ2v) is 7.41. The van der Waals surface area contributed by atoms with Crippen LogP contribution in [0.15, 0.2) is 71.1 Å². The summed E-state index contributed by atoms with van der Waals surface area (Å²) in [7, 11) is 0. The predicted octanol–water partition coefficient (Wildman–Crippen LogP) is 5.62. The third-order valence-electron chi connectivity index (χ3n) is 4.79. The zero-order chi connectivity index (χ0) is 22.8. The van der Waals surface area contributed by atoms with Crippen LogP contribution in [-0.4, -0.2) is 51.7 Å². The maximum absolute atomic E-state index is 14.2. The SMILES string of the molecule is C\C=C/C(=C\C=C\C1=NCCN(/C(C)=C/C(F)=C(/C)CF)N1CCC)n1cnc(C)c1. The zero-order valence-corrected chi connectivity index (χ0v) is 19.1. The lowest BCUT2D eigenvalue weighted by atomic mass is 10.2. The number of allylic oxidation sites excluding steroid dienone is 9. The Kier molecular flexibility index (Phi) is 9.43. The Morgan fingerprint density at radius 2 is 2.06 bits per heavy atom. The molecule has 1 aliphatic rings. The fourth-order valence-corrected chi connectivity index (χ4v) is 3.18. The van der Waals surface area contributed by atoms with Gasteiger partial charge in [-0.15, -0.1) is 0 Å². The fraction of sp³-hybridized carbons (Fsp3) is 0.417. The van der Waals surface area contributed by atoms with Gasteiger partial charge in [-0.05, 0) is 64.0 Å². The summed E-state index contributed by atoms with van der Waals surface area (Å²) in [6, 6.07) is 0. The number of halogens is 2. The van der Waals surface area contributed by atoms with E-state index in [0.29, 0.717) is 13.1 Å². The molecule has 0 aromatic carbocycles. The van der Waals surface area contributed by atoms with E-state index in [9.17, 15) is 8.78 Å². The molecule has 0 fully saturated rings. The molecule has 0 unspecified atom stereocenters. The molecule has 31 heavy (non-hydrogen) atoms. The molecule has 2 rings (SSSR count). The average molecular weight is 430 g/mol. The van der Waals surface area contributed by atoms with Crippen LogP contribution in [0.2, 0.25) is 0 Å². The molecule has 1 aliphatic heterocycles. The highest BCUT2D eigenvalue weighted by atomic mass is 19.1. The van der Waals surface area contributed by atoms with Crippen LogP contribution < -0.4 is 0 Å². The van der Waals surface area contributed by atoms with Crippen molar-refractivity contribution in [3.05, 3.63) is 71.8 Å². The van der Waals surface area contributed by atoms with Crippen molar-refractivity contribution in [1.29, 1.82) is 0 Å². The maximum atomic E-state index is 14.2. The van der Waals surface area contributed by atoms with E-state index >= 15 is 0 Å². The van der Waals surface area contributed by atoms with Gasteiger partial charge in [0, 0.05) is 24.1 Å². The van der Waals surface area contributed by atoms with Crippen molar-refractivity contribution in [3.8, 4) is 0 Å². The normalized spacial score (nSPS) is 17.1. The molecule has 0 saturated heterocycles. The second-order valence-electron chi connectivity index (χ2n) is 7.41. The molecule has 2 heterocycles. The molecule has 5 nitrogen and oxygen atoms in total. The van der Waals surface area contributed by atoms with E-state index in [4.69, 9.17) is 0 Å². The smallest absolute Gasteiger partial charge is 0.142 e. The number of amidine groups is 1. The Bertz CT molecular complexity index is 918. The molecule has 0 saturated carbocycles. The number of rotatable bonds is 9. The van der Waals surface area contributed by atoms with E-state index in [1.54, 1.807) is 6.33 Å². The zero-order valence-electron chi connectivity index (χ0n) is 19.1. The summed E-state index contributed by atoms with van der Waals surface area (Å²) >= 11 is 0. The number of hydrogen-bond donors (Lipinski definition) is 0. The second kappa shape index (κ2) is 12.0. The Hall–Kier alpha value is -2.96. The van der Waals surface area contributed by atoms with Crippen molar-refractivity contribution in [2.24, 2.45) is 4.99 Å². The van der Waals surface area contributed by atoms with Crippen LogP contribution in [0.3, 0.4) is 0 Å². The highest BCUT2D eigenvalue weighted by Crippen LogP contribution is 2.19. The lowest BCUT2D eigenvalue weighted by Gasteiger charge is -2.41. The van der Waals surface area contributed by atoms with Crippen molar-refractivity contribution in [1.82, 2.24) is 19.6 Å². The summed E-state index contributed by atoms with van der Waals surface area (Å²) in [5.41, 5.74) is 2.76. The Balaban J connectivity index is 2.28. The van der Waals surface area contributed by atoms with Crippen LogP contribution in [0.4, 0.5) is 8.78 Å². The largest absolute Gasteiger partial charge is 0.306 e. The van der Waals surface area contributed by atoms with E-state index < -0.39 is 12.5 Å². The highest BCUT2D eigenvalue weighted by Gasteiger charge is 2.21. The van der Waals surface area contributed by atoms with Crippen LogP contribution in [0.1, 0.15) is 39.8 Å². The maximum Gasteiger partial charge on any atom is 0.142 e. The summed E-state index contributed by atoms with van der Waals surface area (Å²) in [6.07, 6.45) is 16.0. The van der Waals surface area contributed by atoms with Crippen molar-refractivity contribution in [3.63, 3.8) is 0 Å². The van der Waals surface area contributed by atoms with Gasteiger partial charge in [-0.3, -0.25) is 15.0 Å². The van der Waals surface area contributed by atoms with Crippen LogP contribution >= 0.6 is 0 Å². The molecule has 1 aromatic heterocycles. The van der Waals surface area contributed by atoms with E-state index in [1.807, 2.05) is 66.9 Å². The number of aromatic nitrogens is 2. The molecule has 0 atom stereocenters. The van der Waals surface area contributed by atoms with Gasteiger partial charge in [-0.25, -0.2) is 13.8 Å². The number of imidazole rings is 1. The molecule has 0 radical (unpaired) electrons. The molecule has 0 bridgehead atoms. The first-order chi connectivity index (χ1) is 14.9. The standard InChI is InChI=1S/C24H33F2N5/c1-6-9-22(29-17-20(4)28-18-29)10-8-11-24-27-12-14-30(31(24)13-7-2)21(5)15-23(26)19(3)16-25/h6,8-11,15,17-18H,7,12-14,16H2,1-5H3/b9-6-,11-8+,21-15+,22-10+,23-19+. The fourth-order valence-electron chi connectivity index (χ4n) is 3.18. The van der Waals surface area contributed by atoms with Gasteiger partial charge >= 0.3 is 0 Å². The van der Waals surface area contributed by atoms with Crippen molar-refractivity contribution < 1.29 is 8.78 Å². The van der Waals surface area contributed by atoms with Gasteiger partial charge in [0.05, 0.1) is 25.1 Å². The molecule has 168 valence electrons. The summed E-state index contributed by atoms with van der Waals surface area (Å²) in [6.45, 7) is 10.5. The minimum Gasteiger partial charge on any atom is -0.306 e. The summed E-state index contributed by atoms with van der Waals surface area (Å²) in [5.74, 6) is 0.288. The van der Waals surface area contributed by atoms with Gasteiger partial charge in [0.25, 0.3) is 0 Å². The van der Waals surface area contributed by atoms with Gasteiger partial charge in [0.2, 0.25) is 0 Å². The van der Waals surface area contributed by atoms with Gasteiger partial charge < -0.3 is 4.57 Å². The summed E-state index contributed by atoms with van der Waals surface area (Å²) in [4.78, 5) is 8.95. The Labute approximate surface area is 184 Å². The third-order valence-corrected chi connectivity index (χ3v) is 4.79. The molecule has 7 heteroatoms. The number of hydrazine groups is 1. The number of alkyl halides is 1. The number of aliphatic imine (C=N–C) groups is 1. The topological polar surface area (TPSA) is 36.7 Å². The third kappa shape index (κ3) is 6.77. The molecular weight excluding hydrogens is 396 g/mol. The quantitative estimate of drug-likeness (QED) is 0.478. The lowest BCUT2D eigenvalue weighted by Crippen LogP contribution is -2.49. The first kappa shape index (κ1) is 24.3. The molecule has 0 aliphatic carbocycles. The first-order valence-electron chi connectivity index (χ1n) is 10.6. The number of hydrogen-bond acceptors (Lipinski definition) is 4. The van der Waals surface area contributed by atoms with Crippen LogP contribution in [-0.2, 0) is 0 Å². The molecule has 0 N–H and O–H groups in total. The van der Waals surface area contributed by atoms with Gasteiger partial charge in [-0.1, -0.05) is 19.1 Å². The van der Waals surface area contributed by atoms with Crippen LogP contribution in [0.25, 0.3) is 5.70 Å². The van der Waals surface area contributed by atoms with E-state index in [2.05, 4.69) is 21.9 Å². The number of aryl methyl sites for hydroxylation is 1. The van der Waals surface area contributed by atoms with Gasteiger partial charge in [0.1, 0.15) is 18.3 Å². The first-order valence-corrected chi connectivity index (χ1v) is 10.6. The predicted molar refractivity (Wildman–Crippen MR) is 125 cm³/mol. The molecular formula is C24H33F2N5. The minimum absolute atomic E-state index is 0.101. The van der Waals surface area contributed by atoms with Crippen molar-refractivity contribution >= 4 is 11.5 Å². The van der Waals surface area contributed by atoms with Crippen molar-refractivity contribution in [2.45, 2.75) is 41.0 Å². The van der Waals surface area contributed by atoms with Gasteiger partial charge in [0.15, 0.2) is 0 Å². The Morgan fingerprint density at radius 3 is 2.68 bits per heavy atom. The van der Waals surface area contributed by atoms with Gasteiger partial charge in [-0.2, -0.15) is 0 Å². The summed E-state index contributed by atoms with van der Waals surface area (Å²) in [5, 5.41) is 4.06. The molecule has 0 amide bonds. The highest BCUT2D eigenvalue weighted by molar-refractivity contribution is 5.93. The number of nitrogens with zero attached hydrogens (tertiary/aromatic N) is 5. The molecule has 1 aromatic rings. The Morgan fingerprint density at radius 1 is 1.29 bits per heavy atom. The van der Waals surface area contributed by atoms with Crippen LogP contribution in [0.5, 0.6) is 0 Å². The average Bonchev–Trinajstić information content (AvgIpc) is 3.19. The van der Waals surface area contributed by atoms with E-state index in [1.165, 1.54) is 13.0 Å². The molecule has 0 spiro atoms. The van der Waals surface area contributed by atoms with Crippen LogP contribution in [0, 0.1) is 6.92 Å². The van der Waals surface area contributed by atoms with E-state index in [0.717, 1.165) is 35.9 Å². The van der Waals surface area contributed by atoms with E-state index in [-0.39, 0.29) is 5.57 Å².